The van der Waals surface area contributed by atoms with Crippen molar-refractivity contribution in [3.05, 3.63) is 126 Å². The maximum absolute atomic E-state index is 14.5. The van der Waals surface area contributed by atoms with Crippen LogP contribution in [-0.4, -0.2) is 114 Å². The molecular formula is C47H48N10O5. The van der Waals surface area contributed by atoms with Gasteiger partial charge in [-0.15, -0.1) is 0 Å². The summed E-state index contributed by atoms with van der Waals surface area (Å²) in [7, 11) is 2.13. The highest BCUT2D eigenvalue weighted by molar-refractivity contribution is 5.91. The standard InChI is InChI=1S/C47H48N10O5/c1-54-23-25-55(26-24-54)41(30-13-6-3-7-14-30)46(59)57-22-10-17-36(57)42-49-33-20-19-31(27-35(33)51-42)38-28-48-44(62-38)32-15-8-16-34-40(32)52-43(50-34)37-18-9-21-56(37)45(58)39(53-47(60)61)29-11-4-2-5-12-29/h2-8,11-16,19-20,27-28,36-37,39,41,53H,9-10,17-18,21-26H2,1H3,(H,49,51)(H,50,52)(H,60,61)/t36-,37-,39+,41+/m0/s1. The van der Waals surface area contributed by atoms with E-state index in [0.717, 1.165) is 78.9 Å². The molecule has 3 saturated heterocycles. The molecule has 0 spiro atoms. The van der Waals surface area contributed by atoms with Gasteiger partial charge in [-0.2, -0.15) is 0 Å². The number of carbonyl (C=O) groups is 3. The summed E-state index contributed by atoms with van der Waals surface area (Å²) in [6, 6.07) is 28.8. The number of para-hydroxylation sites is 1. The first-order valence-electron chi connectivity index (χ1n) is 21.4. The van der Waals surface area contributed by atoms with Gasteiger partial charge in [0.15, 0.2) is 5.76 Å². The molecule has 15 nitrogen and oxygen atoms in total. The summed E-state index contributed by atoms with van der Waals surface area (Å²) in [5, 5.41) is 12.0. The van der Waals surface area contributed by atoms with E-state index < -0.39 is 12.1 Å². The van der Waals surface area contributed by atoms with Gasteiger partial charge >= 0.3 is 6.09 Å². The van der Waals surface area contributed by atoms with Crippen molar-refractivity contribution in [1.82, 2.24) is 49.8 Å². The fourth-order valence-corrected chi connectivity index (χ4v) is 9.49. The second-order valence-electron chi connectivity index (χ2n) is 16.5. The molecule has 316 valence electrons. The number of fused-ring (bicyclic) bond motifs is 2. The zero-order valence-corrected chi connectivity index (χ0v) is 34.4. The first-order valence-corrected chi connectivity index (χ1v) is 21.4. The van der Waals surface area contributed by atoms with Crippen LogP contribution in [0.4, 0.5) is 4.79 Å². The lowest BCUT2D eigenvalue weighted by Gasteiger charge is -2.39. The van der Waals surface area contributed by atoms with Crippen molar-refractivity contribution in [2.75, 3.05) is 46.3 Å². The topological polar surface area (TPSA) is 180 Å². The summed E-state index contributed by atoms with van der Waals surface area (Å²) in [6.07, 6.45) is 3.60. The van der Waals surface area contributed by atoms with Crippen molar-refractivity contribution in [2.45, 2.75) is 49.9 Å². The highest BCUT2D eigenvalue weighted by atomic mass is 16.4. The smallest absolute Gasteiger partial charge is 0.405 e. The van der Waals surface area contributed by atoms with Gasteiger partial charge in [0, 0.05) is 44.8 Å². The molecule has 0 unspecified atom stereocenters. The van der Waals surface area contributed by atoms with Gasteiger partial charge in [-0.25, -0.2) is 19.7 Å². The summed E-state index contributed by atoms with van der Waals surface area (Å²) >= 11 is 0. The third kappa shape index (κ3) is 7.47. The fraction of sp³-hybridized carbons (Fsp3) is 0.319. The van der Waals surface area contributed by atoms with Crippen molar-refractivity contribution in [2.24, 2.45) is 0 Å². The van der Waals surface area contributed by atoms with Crippen LogP contribution in [0.25, 0.3) is 44.8 Å². The van der Waals surface area contributed by atoms with Gasteiger partial charge in [0.25, 0.3) is 5.91 Å². The maximum atomic E-state index is 14.5. The summed E-state index contributed by atoms with van der Waals surface area (Å²) in [5.74, 6) is 2.17. The van der Waals surface area contributed by atoms with E-state index in [1.165, 1.54) is 0 Å². The molecule has 7 aromatic rings. The highest BCUT2D eigenvalue weighted by Gasteiger charge is 2.40. The van der Waals surface area contributed by atoms with Gasteiger partial charge < -0.3 is 39.5 Å². The Hall–Kier alpha value is -6.84. The van der Waals surface area contributed by atoms with E-state index in [1.807, 2.05) is 65.6 Å². The van der Waals surface area contributed by atoms with Crippen molar-refractivity contribution in [3.63, 3.8) is 0 Å². The average Bonchev–Trinajstić information content (AvgIpc) is 4.15. The molecule has 4 aromatic carbocycles. The molecule has 0 bridgehead atoms. The Labute approximate surface area is 357 Å². The largest absolute Gasteiger partial charge is 0.465 e. The SMILES string of the molecule is CN1CCN([C@@H](C(=O)N2CCC[C@H]2c2nc3ccc(-c4cnc(-c5cccc6[nH]c([C@@H]7CCCN7C(=O)[C@H](NC(=O)O)c7ccccc7)nc56)o4)cc3[nH]2)c2ccccc2)CC1. The lowest BCUT2D eigenvalue weighted by molar-refractivity contribution is -0.139. The third-order valence-corrected chi connectivity index (χ3v) is 12.7. The van der Waals surface area contributed by atoms with Crippen LogP contribution in [0.2, 0.25) is 0 Å². The van der Waals surface area contributed by atoms with E-state index in [4.69, 9.17) is 14.4 Å². The first kappa shape index (κ1) is 39.3. The molecule has 3 amide bonds. The Kier molecular flexibility index (Phi) is 10.5. The molecule has 3 aliphatic heterocycles. The number of nitrogens with one attached hydrogen (secondary N) is 3. The molecular weight excluding hydrogens is 785 g/mol. The summed E-state index contributed by atoms with van der Waals surface area (Å²) in [6.45, 7) is 4.68. The number of rotatable bonds is 10. The van der Waals surface area contributed by atoms with Gasteiger partial charge in [-0.1, -0.05) is 66.7 Å². The molecule has 6 heterocycles. The molecule has 0 radical (unpaired) electrons. The molecule has 0 aliphatic carbocycles. The van der Waals surface area contributed by atoms with Crippen LogP contribution in [0, 0.1) is 0 Å². The minimum atomic E-state index is -1.27. The van der Waals surface area contributed by atoms with Crippen molar-refractivity contribution in [1.29, 1.82) is 0 Å². The van der Waals surface area contributed by atoms with Crippen molar-refractivity contribution in [3.8, 4) is 22.8 Å². The number of likely N-dealkylation sites (N-methyl/N-ethyl adjacent to an activating group) is 1. The highest BCUT2D eigenvalue weighted by Crippen LogP contribution is 2.39. The molecule has 3 aromatic heterocycles. The number of amides is 3. The summed E-state index contributed by atoms with van der Waals surface area (Å²) in [5.41, 5.74) is 6.19. The molecule has 15 heteroatoms. The average molecular weight is 833 g/mol. The predicted molar refractivity (Wildman–Crippen MR) is 233 cm³/mol. The second-order valence-corrected chi connectivity index (χ2v) is 16.5. The van der Waals surface area contributed by atoms with Crippen LogP contribution >= 0.6 is 0 Å². The first-order chi connectivity index (χ1) is 30.3. The lowest BCUT2D eigenvalue weighted by Crippen LogP contribution is -2.50. The van der Waals surface area contributed by atoms with Gasteiger partial charge in [-0.05, 0) is 74.2 Å². The molecule has 4 N–H and O–H groups in total. The van der Waals surface area contributed by atoms with Crippen molar-refractivity contribution < 1.29 is 23.9 Å². The molecule has 10 rings (SSSR count). The number of hydrogen-bond acceptors (Lipinski definition) is 9. The minimum Gasteiger partial charge on any atom is -0.465 e. The Balaban J connectivity index is 0.889. The van der Waals surface area contributed by atoms with Gasteiger partial charge in [0.1, 0.15) is 29.2 Å². The lowest BCUT2D eigenvalue weighted by atomic mass is 10.0. The summed E-state index contributed by atoms with van der Waals surface area (Å²) < 4.78 is 6.42. The van der Waals surface area contributed by atoms with Crippen LogP contribution in [0.5, 0.6) is 0 Å². The van der Waals surface area contributed by atoms with Gasteiger partial charge in [-0.3, -0.25) is 14.5 Å². The zero-order chi connectivity index (χ0) is 42.3. The van der Waals surface area contributed by atoms with Crippen molar-refractivity contribution >= 4 is 40.0 Å². The Morgan fingerprint density at radius 1 is 0.742 bits per heavy atom. The summed E-state index contributed by atoms with van der Waals surface area (Å²) in [4.78, 5) is 70.3. The quantitative estimate of drug-likeness (QED) is 0.111. The maximum Gasteiger partial charge on any atom is 0.405 e. The second kappa shape index (κ2) is 16.6. The number of oxazole rings is 1. The number of aromatic amines is 2. The number of benzene rings is 4. The molecule has 4 atom stereocenters. The monoisotopic (exact) mass is 832 g/mol. The number of aromatic nitrogens is 5. The number of H-pyrrole nitrogens is 2. The predicted octanol–water partition coefficient (Wildman–Crippen LogP) is 7.09. The number of piperazine rings is 1. The van der Waals surface area contributed by atoms with E-state index >= 15 is 0 Å². The van der Waals surface area contributed by atoms with Crippen LogP contribution in [0.1, 0.15) is 72.6 Å². The van der Waals surface area contributed by atoms with Gasteiger partial charge in [0.2, 0.25) is 11.8 Å². The molecule has 3 aliphatic rings. The number of imidazole rings is 2. The van der Waals surface area contributed by atoms with Gasteiger partial charge in [0.05, 0.1) is 40.4 Å². The molecule has 3 fully saturated rings. The van der Waals surface area contributed by atoms with E-state index in [2.05, 4.69) is 49.2 Å². The number of carbonyl (C=O) groups excluding carboxylic acids is 2. The van der Waals surface area contributed by atoms with E-state index in [9.17, 15) is 19.5 Å². The third-order valence-electron chi connectivity index (χ3n) is 12.7. The minimum absolute atomic E-state index is 0.122. The number of carboxylic acid groups (broad SMARTS) is 1. The Morgan fingerprint density at radius 3 is 2.11 bits per heavy atom. The van der Waals surface area contributed by atoms with Crippen LogP contribution in [0.3, 0.4) is 0 Å². The van der Waals surface area contributed by atoms with E-state index in [1.54, 1.807) is 35.4 Å². The number of hydrogen-bond donors (Lipinski definition) is 4. The number of nitrogens with zero attached hydrogens (tertiary/aromatic N) is 7. The van der Waals surface area contributed by atoms with Crippen LogP contribution in [-0.2, 0) is 9.59 Å². The van der Waals surface area contributed by atoms with E-state index in [-0.39, 0.29) is 29.9 Å². The van der Waals surface area contributed by atoms with E-state index in [0.29, 0.717) is 53.6 Å². The molecule has 62 heavy (non-hydrogen) atoms. The Bertz CT molecular complexity index is 2740. The molecule has 0 saturated carbocycles. The van der Waals surface area contributed by atoms with Crippen LogP contribution in [0.15, 0.2) is 108 Å². The zero-order valence-electron chi connectivity index (χ0n) is 34.4. The number of likely N-dealkylation sites (tertiary alicyclic amines) is 2. The van der Waals surface area contributed by atoms with Crippen LogP contribution < -0.4 is 5.32 Å². The normalized spacial score (nSPS) is 19.6. The Morgan fingerprint density at radius 2 is 1.40 bits per heavy atom. The fourth-order valence-electron chi connectivity index (χ4n) is 9.49.